The number of nitrogens with zero attached hydrogens (tertiary/aromatic N) is 3. The van der Waals surface area contributed by atoms with E-state index in [0.29, 0.717) is 26.3 Å². The Bertz CT molecular complexity index is 654. The second kappa shape index (κ2) is 12.3. The number of guanidine groups is 1. The van der Waals surface area contributed by atoms with Crippen LogP contribution < -0.4 is 5.32 Å². The van der Waals surface area contributed by atoms with Crippen molar-refractivity contribution in [2.75, 3.05) is 46.4 Å². The van der Waals surface area contributed by atoms with E-state index in [-0.39, 0.29) is 36.0 Å². The second-order valence-electron chi connectivity index (χ2n) is 7.17. The maximum Gasteiger partial charge on any atom is 0.251 e. The molecule has 1 N–H and O–H groups in total. The molecule has 3 rings (SSSR count). The van der Waals surface area contributed by atoms with Gasteiger partial charge >= 0.3 is 0 Å². The molecule has 2 heterocycles. The highest BCUT2D eigenvalue weighted by Crippen LogP contribution is 2.16. The van der Waals surface area contributed by atoms with E-state index in [2.05, 4.69) is 39.5 Å². The summed E-state index contributed by atoms with van der Waals surface area (Å²) in [7, 11) is 1.80. The molecule has 2 aliphatic rings. The van der Waals surface area contributed by atoms with E-state index in [1.165, 1.54) is 11.1 Å². The van der Waals surface area contributed by atoms with Crippen LogP contribution in [0, 0.1) is 0 Å². The van der Waals surface area contributed by atoms with Gasteiger partial charge in [0.1, 0.15) is 6.10 Å². The Labute approximate surface area is 190 Å². The van der Waals surface area contributed by atoms with Crippen molar-refractivity contribution in [3.8, 4) is 0 Å². The first-order chi connectivity index (χ1) is 13.7. The maximum atomic E-state index is 12.5. The predicted molar refractivity (Wildman–Crippen MR) is 125 cm³/mol. The minimum absolute atomic E-state index is 0. The van der Waals surface area contributed by atoms with E-state index in [1.54, 1.807) is 7.05 Å². The summed E-state index contributed by atoms with van der Waals surface area (Å²) in [5.74, 6) is 1.02. The van der Waals surface area contributed by atoms with Crippen molar-refractivity contribution in [1.82, 2.24) is 15.1 Å². The Morgan fingerprint density at radius 1 is 1.17 bits per heavy atom. The van der Waals surface area contributed by atoms with E-state index in [4.69, 9.17) is 9.47 Å². The number of halogens is 1. The Morgan fingerprint density at radius 2 is 1.83 bits per heavy atom. The number of benzene rings is 1. The molecule has 8 heteroatoms. The zero-order valence-electron chi connectivity index (χ0n) is 17.4. The minimum atomic E-state index is -0.227. The normalized spacial score (nSPS) is 19.8. The fourth-order valence-electron chi connectivity index (χ4n) is 3.60. The van der Waals surface area contributed by atoms with Crippen LogP contribution in [0.1, 0.15) is 30.9 Å². The van der Waals surface area contributed by atoms with Crippen molar-refractivity contribution >= 4 is 35.8 Å². The van der Waals surface area contributed by atoms with Gasteiger partial charge in [0, 0.05) is 53.0 Å². The molecular formula is C21H33IN4O3. The third-order valence-electron chi connectivity index (χ3n) is 5.25. The van der Waals surface area contributed by atoms with Crippen LogP contribution in [-0.4, -0.2) is 74.2 Å². The van der Waals surface area contributed by atoms with Crippen LogP contribution in [0.15, 0.2) is 29.3 Å². The zero-order chi connectivity index (χ0) is 19.8. The molecule has 2 saturated heterocycles. The molecule has 0 bridgehead atoms. The summed E-state index contributed by atoms with van der Waals surface area (Å²) >= 11 is 0. The van der Waals surface area contributed by atoms with Gasteiger partial charge in [-0.25, -0.2) is 0 Å². The number of piperazine rings is 1. The topological polar surface area (TPSA) is 66.4 Å². The van der Waals surface area contributed by atoms with Crippen molar-refractivity contribution in [3.05, 3.63) is 35.4 Å². The standard InChI is InChI=1S/C21H32N4O3.HI/c1-3-27-16-18-8-6-17(7-9-18)15-23-21(22-2)25-12-10-24(11-13-25)20(26)19-5-4-14-28-19;/h6-9,19H,3-5,10-16H2,1-2H3,(H,22,23);1H. The van der Waals surface area contributed by atoms with E-state index in [1.807, 2.05) is 11.8 Å². The number of nitrogens with one attached hydrogen (secondary N) is 1. The van der Waals surface area contributed by atoms with Crippen LogP contribution in [0.4, 0.5) is 0 Å². The largest absolute Gasteiger partial charge is 0.377 e. The van der Waals surface area contributed by atoms with E-state index >= 15 is 0 Å². The average molecular weight is 516 g/mol. The van der Waals surface area contributed by atoms with Crippen molar-refractivity contribution < 1.29 is 14.3 Å². The van der Waals surface area contributed by atoms with Gasteiger partial charge in [-0.1, -0.05) is 24.3 Å². The van der Waals surface area contributed by atoms with Crippen LogP contribution in [0.3, 0.4) is 0 Å². The molecule has 1 atom stereocenters. The molecular weight excluding hydrogens is 483 g/mol. The van der Waals surface area contributed by atoms with Gasteiger partial charge < -0.3 is 24.6 Å². The summed E-state index contributed by atoms with van der Waals surface area (Å²) in [4.78, 5) is 21.0. The summed E-state index contributed by atoms with van der Waals surface area (Å²) < 4.78 is 11.0. The molecule has 1 aromatic carbocycles. The molecule has 162 valence electrons. The number of carbonyl (C=O) groups excluding carboxylic acids is 1. The van der Waals surface area contributed by atoms with Gasteiger partial charge in [0.25, 0.3) is 5.91 Å². The monoisotopic (exact) mass is 516 g/mol. The first-order valence-corrected chi connectivity index (χ1v) is 10.2. The molecule has 7 nitrogen and oxygen atoms in total. The number of hydrogen-bond acceptors (Lipinski definition) is 4. The third kappa shape index (κ3) is 6.82. The number of aliphatic imine (C=N–C) groups is 1. The Kier molecular flexibility index (Phi) is 10.2. The van der Waals surface area contributed by atoms with Crippen LogP contribution in [0.2, 0.25) is 0 Å². The van der Waals surface area contributed by atoms with Gasteiger partial charge in [-0.3, -0.25) is 9.79 Å². The summed E-state index contributed by atoms with van der Waals surface area (Å²) in [6.45, 7) is 7.80. The number of hydrogen-bond donors (Lipinski definition) is 1. The highest BCUT2D eigenvalue weighted by atomic mass is 127. The molecule has 2 aliphatic heterocycles. The second-order valence-corrected chi connectivity index (χ2v) is 7.17. The van der Waals surface area contributed by atoms with Gasteiger partial charge in [0.05, 0.1) is 6.61 Å². The Balaban J connectivity index is 0.00000300. The molecule has 2 fully saturated rings. The van der Waals surface area contributed by atoms with Crippen LogP contribution in [0.5, 0.6) is 0 Å². The van der Waals surface area contributed by atoms with E-state index in [0.717, 1.165) is 45.0 Å². The number of ether oxygens (including phenoxy) is 2. The Hall–Kier alpha value is -1.39. The quantitative estimate of drug-likeness (QED) is 0.357. The summed E-state index contributed by atoms with van der Waals surface area (Å²) in [6, 6.07) is 8.44. The highest BCUT2D eigenvalue weighted by molar-refractivity contribution is 14.0. The lowest BCUT2D eigenvalue weighted by Crippen LogP contribution is -2.55. The molecule has 1 unspecified atom stereocenters. The lowest BCUT2D eigenvalue weighted by Gasteiger charge is -2.37. The summed E-state index contributed by atoms with van der Waals surface area (Å²) in [5, 5.41) is 3.43. The van der Waals surface area contributed by atoms with Crippen LogP contribution in [0.25, 0.3) is 0 Å². The molecule has 0 spiro atoms. The lowest BCUT2D eigenvalue weighted by atomic mass is 10.1. The fourth-order valence-corrected chi connectivity index (χ4v) is 3.60. The average Bonchev–Trinajstić information content (AvgIpc) is 3.28. The van der Waals surface area contributed by atoms with Crippen molar-refractivity contribution in [2.24, 2.45) is 4.99 Å². The van der Waals surface area contributed by atoms with Gasteiger partial charge in [0.15, 0.2) is 5.96 Å². The molecule has 0 aromatic heterocycles. The van der Waals surface area contributed by atoms with Crippen LogP contribution >= 0.6 is 24.0 Å². The predicted octanol–water partition coefficient (Wildman–Crippen LogP) is 2.24. The molecule has 0 aliphatic carbocycles. The van der Waals surface area contributed by atoms with Gasteiger partial charge in [0.2, 0.25) is 0 Å². The van der Waals surface area contributed by atoms with Crippen molar-refractivity contribution in [1.29, 1.82) is 0 Å². The highest BCUT2D eigenvalue weighted by Gasteiger charge is 2.30. The molecule has 0 saturated carbocycles. The molecule has 1 aromatic rings. The van der Waals surface area contributed by atoms with Crippen molar-refractivity contribution in [3.63, 3.8) is 0 Å². The minimum Gasteiger partial charge on any atom is -0.377 e. The molecule has 29 heavy (non-hydrogen) atoms. The van der Waals surface area contributed by atoms with Gasteiger partial charge in [-0.05, 0) is 30.9 Å². The fraction of sp³-hybridized carbons (Fsp3) is 0.619. The smallest absolute Gasteiger partial charge is 0.251 e. The first kappa shape index (κ1) is 23.9. The van der Waals surface area contributed by atoms with Crippen LogP contribution in [-0.2, 0) is 27.4 Å². The number of rotatable bonds is 6. The number of carbonyl (C=O) groups is 1. The zero-order valence-corrected chi connectivity index (χ0v) is 19.8. The summed E-state index contributed by atoms with van der Waals surface area (Å²) in [6.07, 6.45) is 1.61. The van der Waals surface area contributed by atoms with E-state index < -0.39 is 0 Å². The number of amides is 1. The third-order valence-corrected chi connectivity index (χ3v) is 5.25. The maximum absolute atomic E-state index is 12.5. The molecule has 1 amide bonds. The van der Waals surface area contributed by atoms with E-state index in [9.17, 15) is 4.79 Å². The van der Waals surface area contributed by atoms with Gasteiger partial charge in [-0.2, -0.15) is 0 Å². The van der Waals surface area contributed by atoms with Gasteiger partial charge in [-0.15, -0.1) is 24.0 Å². The molecule has 0 radical (unpaired) electrons. The Morgan fingerprint density at radius 3 is 2.41 bits per heavy atom. The van der Waals surface area contributed by atoms with Crippen molar-refractivity contribution in [2.45, 2.75) is 39.0 Å². The summed E-state index contributed by atoms with van der Waals surface area (Å²) in [5.41, 5.74) is 2.38. The lowest BCUT2D eigenvalue weighted by molar-refractivity contribution is -0.142. The first-order valence-electron chi connectivity index (χ1n) is 10.2. The SMILES string of the molecule is CCOCc1ccc(CNC(=NC)N2CCN(C(=O)C3CCCO3)CC2)cc1.I.